The molecule has 4 aromatic rings. The maximum Gasteiger partial charge on any atom is 0.240 e. The van der Waals surface area contributed by atoms with Crippen LogP contribution >= 0.6 is 0 Å². The lowest BCUT2D eigenvalue weighted by atomic mass is 10.1. The van der Waals surface area contributed by atoms with Gasteiger partial charge in [-0.2, -0.15) is 10.1 Å². The second kappa shape index (κ2) is 7.08. The molecular formula is C20H22N8O. The predicted molar refractivity (Wildman–Crippen MR) is 111 cm³/mol. The Balaban J connectivity index is 1.35. The summed E-state index contributed by atoms with van der Waals surface area (Å²) in [6, 6.07) is 9.92. The molecule has 1 aliphatic rings. The number of hydrogen-bond acceptors (Lipinski definition) is 7. The Kier molecular flexibility index (Phi) is 4.27. The second-order valence-corrected chi connectivity index (χ2v) is 7.28. The molecule has 3 N–H and O–H groups in total. The lowest BCUT2D eigenvalue weighted by molar-refractivity contribution is 0.401. The van der Waals surface area contributed by atoms with Crippen LogP contribution in [-0.2, 0) is 6.54 Å². The fraction of sp³-hybridized carbons (Fsp3) is 0.300. The van der Waals surface area contributed by atoms with Crippen LogP contribution in [0.2, 0.25) is 0 Å². The van der Waals surface area contributed by atoms with Crippen LogP contribution in [0.4, 0.5) is 17.6 Å². The van der Waals surface area contributed by atoms with Crippen LogP contribution in [0, 0.1) is 0 Å². The van der Waals surface area contributed by atoms with Crippen molar-refractivity contribution in [2.24, 2.45) is 0 Å². The van der Waals surface area contributed by atoms with Crippen LogP contribution in [0.3, 0.4) is 0 Å². The number of aromatic nitrogens is 6. The number of H-pyrrole nitrogens is 2. The Bertz CT molecular complexity index is 1150. The van der Waals surface area contributed by atoms with E-state index >= 15 is 0 Å². The number of aromatic amines is 2. The monoisotopic (exact) mass is 390 g/mol. The molecule has 0 amide bonds. The molecule has 0 atom stereocenters. The molecule has 5 rings (SSSR count). The van der Waals surface area contributed by atoms with Gasteiger partial charge < -0.3 is 15.0 Å². The molecule has 3 aromatic heterocycles. The molecule has 0 spiro atoms. The maximum absolute atomic E-state index is 5.39. The summed E-state index contributed by atoms with van der Waals surface area (Å²) in [6.45, 7) is 0.616. The van der Waals surface area contributed by atoms with Crippen LogP contribution in [0.25, 0.3) is 10.9 Å². The second-order valence-electron chi connectivity index (χ2n) is 7.28. The zero-order valence-corrected chi connectivity index (χ0v) is 16.3. The fourth-order valence-electron chi connectivity index (χ4n) is 3.46. The standard InChI is InChI=1S/C20H22N8O/c1-28(11-13-4-3-5-14-18(13)19(29-2)27-24-14)20-21-9-8-16(23-20)22-17-10-15(25-26-17)12-6-7-12/h3-5,8-10,12H,6-7,11H2,1-2H3,(H,24,27)(H2,21,22,23,25,26). The molecule has 0 aliphatic heterocycles. The number of fused-ring (bicyclic) bond motifs is 1. The first-order valence-corrected chi connectivity index (χ1v) is 9.57. The number of hydrogen-bond donors (Lipinski definition) is 3. The van der Waals surface area contributed by atoms with Gasteiger partial charge in [0.05, 0.1) is 18.0 Å². The lowest BCUT2D eigenvalue weighted by Gasteiger charge is -2.18. The highest BCUT2D eigenvalue weighted by atomic mass is 16.5. The van der Waals surface area contributed by atoms with E-state index < -0.39 is 0 Å². The van der Waals surface area contributed by atoms with Crippen LogP contribution in [-0.4, -0.2) is 44.5 Å². The topological polar surface area (TPSA) is 108 Å². The lowest BCUT2D eigenvalue weighted by Crippen LogP contribution is -2.19. The molecule has 148 valence electrons. The molecule has 1 fully saturated rings. The van der Waals surface area contributed by atoms with Crippen molar-refractivity contribution in [1.29, 1.82) is 0 Å². The quantitative estimate of drug-likeness (QED) is 0.444. The van der Waals surface area contributed by atoms with Crippen LogP contribution < -0.4 is 15.0 Å². The first-order chi connectivity index (χ1) is 14.2. The average Bonchev–Trinajstić information content (AvgIpc) is 3.33. The SMILES string of the molecule is COc1n[nH]c2cccc(CN(C)c3nccc(Nc4cc(C5CC5)[nH]n4)n3)c12. The number of rotatable bonds is 7. The Labute approximate surface area is 167 Å². The Morgan fingerprint density at radius 3 is 2.90 bits per heavy atom. The summed E-state index contributed by atoms with van der Waals surface area (Å²) in [6.07, 6.45) is 4.21. The van der Waals surface area contributed by atoms with Gasteiger partial charge in [-0.05, 0) is 30.5 Å². The van der Waals surface area contributed by atoms with Crippen molar-refractivity contribution in [2.45, 2.75) is 25.3 Å². The Morgan fingerprint density at radius 2 is 2.07 bits per heavy atom. The molecule has 9 heteroatoms. The van der Waals surface area contributed by atoms with Gasteiger partial charge in [0, 0.05) is 37.5 Å². The molecule has 0 saturated heterocycles. The highest BCUT2D eigenvalue weighted by molar-refractivity contribution is 5.87. The van der Waals surface area contributed by atoms with Crippen molar-refractivity contribution in [2.75, 3.05) is 24.4 Å². The van der Waals surface area contributed by atoms with Crippen molar-refractivity contribution < 1.29 is 4.74 Å². The first kappa shape index (κ1) is 17.5. The normalized spacial score (nSPS) is 13.6. The molecule has 0 bridgehead atoms. The van der Waals surface area contributed by atoms with E-state index in [1.807, 2.05) is 30.1 Å². The van der Waals surface area contributed by atoms with Gasteiger partial charge >= 0.3 is 0 Å². The third kappa shape index (κ3) is 3.46. The summed E-state index contributed by atoms with van der Waals surface area (Å²) in [5.41, 5.74) is 3.20. The predicted octanol–water partition coefficient (Wildman–Crippen LogP) is 3.34. The van der Waals surface area contributed by atoms with E-state index in [4.69, 9.17) is 4.74 Å². The van der Waals surface area contributed by atoms with Gasteiger partial charge in [0.2, 0.25) is 11.8 Å². The van der Waals surface area contributed by atoms with Crippen LogP contribution in [0.15, 0.2) is 36.5 Å². The van der Waals surface area contributed by atoms with Gasteiger partial charge in [0.15, 0.2) is 5.82 Å². The van der Waals surface area contributed by atoms with Crippen LogP contribution in [0.5, 0.6) is 5.88 Å². The third-order valence-corrected chi connectivity index (χ3v) is 5.10. The molecule has 29 heavy (non-hydrogen) atoms. The highest BCUT2D eigenvalue weighted by Crippen LogP contribution is 2.39. The van der Waals surface area contributed by atoms with Gasteiger partial charge in [-0.1, -0.05) is 12.1 Å². The van der Waals surface area contributed by atoms with Gasteiger partial charge in [-0.15, -0.1) is 5.10 Å². The smallest absolute Gasteiger partial charge is 0.240 e. The van der Waals surface area contributed by atoms with Gasteiger partial charge in [0.25, 0.3) is 0 Å². The Hall–Kier alpha value is -3.62. The van der Waals surface area contributed by atoms with Gasteiger partial charge in [-0.3, -0.25) is 10.2 Å². The maximum atomic E-state index is 5.39. The first-order valence-electron chi connectivity index (χ1n) is 9.57. The minimum atomic E-state index is 0.588. The van der Waals surface area contributed by atoms with Gasteiger partial charge in [0.1, 0.15) is 5.82 Å². The summed E-state index contributed by atoms with van der Waals surface area (Å²) in [5.74, 6) is 3.31. The third-order valence-electron chi connectivity index (χ3n) is 5.10. The fourth-order valence-corrected chi connectivity index (χ4v) is 3.46. The molecular weight excluding hydrogens is 368 g/mol. The zero-order chi connectivity index (χ0) is 19.8. The minimum Gasteiger partial charge on any atom is -0.479 e. The van der Waals surface area contributed by atoms with E-state index in [0.29, 0.717) is 30.1 Å². The largest absolute Gasteiger partial charge is 0.479 e. The minimum absolute atomic E-state index is 0.588. The molecule has 0 radical (unpaired) electrons. The van der Waals surface area contributed by atoms with E-state index in [2.05, 4.69) is 47.8 Å². The van der Waals surface area contributed by atoms with E-state index in [-0.39, 0.29) is 0 Å². The van der Waals surface area contributed by atoms with Crippen molar-refractivity contribution in [3.8, 4) is 5.88 Å². The van der Waals surface area contributed by atoms with Crippen LogP contribution in [0.1, 0.15) is 30.0 Å². The van der Waals surface area contributed by atoms with E-state index in [1.54, 1.807) is 13.3 Å². The number of anilines is 3. The average molecular weight is 390 g/mol. The molecule has 1 aromatic carbocycles. The Morgan fingerprint density at radius 1 is 1.17 bits per heavy atom. The summed E-state index contributed by atoms with van der Waals surface area (Å²) in [4.78, 5) is 11.1. The summed E-state index contributed by atoms with van der Waals surface area (Å²) in [5, 5.41) is 18.9. The van der Waals surface area contributed by atoms with Gasteiger partial charge in [-0.25, -0.2) is 4.98 Å². The molecule has 0 unspecified atom stereocenters. The van der Waals surface area contributed by atoms with E-state index in [1.165, 1.54) is 18.5 Å². The summed E-state index contributed by atoms with van der Waals surface area (Å²) < 4.78 is 5.39. The number of ether oxygens (including phenoxy) is 1. The van der Waals surface area contributed by atoms with E-state index in [9.17, 15) is 0 Å². The molecule has 1 saturated carbocycles. The van der Waals surface area contributed by atoms with E-state index in [0.717, 1.165) is 22.3 Å². The molecule has 3 heterocycles. The van der Waals surface area contributed by atoms with Crippen molar-refractivity contribution in [3.05, 3.63) is 47.8 Å². The number of nitrogens with one attached hydrogen (secondary N) is 3. The van der Waals surface area contributed by atoms with Crippen molar-refractivity contribution in [1.82, 2.24) is 30.4 Å². The molecule has 9 nitrogen and oxygen atoms in total. The number of benzene rings is 1. The summed E-state index contributed by atoms with van der Waals surface area (Å²) in [7, 11) is 3.59. The highest BCUT2D eigenvalue weighted by Gasteiger charge is 2.25. The molecule has 1 aliphatic carbocycles. The van der Waals surface area contributed by atoms with Crippen molar-refractivity contribution >= 4 is 28.5 Å². The zero-order valence-electron chi connectivity index (χ0n) is 16.3. The van der Waals surface area contributed by atoms with Crippen molar-refractivity contribution in [3.63, 3.8) is 0 Å². The number of nitrogens with zero attached hydrogens (tertiary/aromatic N) is 5. The summed E-state index contributed by atoms with van der Waals surface area (Å²) >= 11 is 0. The number of methoxy groups -OCH3 is 1.